The van der Waals surface area contributed by atoms with E-state index in [1.807, 2.05) is 6.07 Å². The first-order valence-corrected chi connectivity index (χ1v) is 10.0. The molecule has 0 spiro atoms. The van der Waals surface area contributed by atoms with Gasteiger partial charge in [-0.1, -0.05) is 13.0 Å². The predicted octanol–water partition coefficient (Wildman–Crippen LogP) is 3.04. The molecule has 0 fully saturated rings. The van der Waals surface area contributed by atoms with Crippen molar-refractivity contribution >= 4 is 27.5 Å². The first kappa shape index (κ1) is 21.0. The van der Waals surface area contributed by atoms with Crippen LogP contribution < -0.4 is 14.8 Å². The fourth-order valence-corrected chi connectivity index (χ4v) is 3.17. The molecule has 7 nitrogen and oxygen atoms in total. The normalized spacial score (nSPS) is 11.0. The lowest BCUT2D eigenvalue weighted by molar-refractivity contribution is -0.111. The topological polar surface area (TPSA) is 105 Å². The van der Waals surface area contributed by atoms with Crippen molar-refractivity contribution in [2.45, 2.75) is 11.8 Å². The van der Waals surface area contributed by atoms with Crippen LogP contribution in [0.25, 0.3) is 6.08 Å². The average molecular weight is 400 g/mol. The summed E-state index contributed by atoms with van der Waals surface area (Å²) in [7, 11) is -1.79. The standard InChI is InChI=1S/C20H20N2O5S/c1-3-28(24,25)17-8-6-16(7-9-17)22-20(23)11-5-15-4-10-18(27-13-12-21)19(14-15)26-2/h4-11,14H,3,13H2,1-2H3,(H,22,23)/b11-5+. The highest BCUT2D eigenvalue weighted by atomic mass is 32.2. The van der Waals surface area contributed by atoms with Crippen LogP contribution in [0.4, 0.5) is 5.69 Å². The molecule has 2 aromatic carbocycles. The zero-order valence-corrected chi connectivity index (χ0v) is 16.3. The summed E-state index contributed by atoms with van der Waals surface area (Å²) in [6.07, 6.45) is 2.95. The van der Waals surface area contributed by atoms with Gasteiger partial charge in [0.15, 0.2) is 27.9 Å². The van der Waals surface area contributed by atoms with Crippen molar-refractivity contribution in [3.8, 4) is 17.6 Å². The quantitative estimate of drug-likeness (QED) is 0.683. The first-order valence-electron chi connectivity index (χ1n) is 8.39. The zero-order valence-electron chi connectivity index (χ0n) is 15.5. The van der Waals surface area contributed by atoms with E-state index in [-0.39, 0.29) is 23.2 Å². The van der Waals surface area contributed by atoms with Crippen molar-refractivity contribution in [3.63, 3.8) is 0 Å². The molecule has 146 valence electrons. The predicted molar refractivity (Wildman–Crippen MR) is 106 cm³/mol. The third-order valence-electron chi connectivity index (χ3n) is 3.77. The third-order valence-corrected chi connectivity index (χ3v) is 5.52. The minimum absolute atomic E-state index is 0.0191. The summed E-state index contributed by atoms with van der Waals surface area (Å²) in [6.45, 7) is 1.49. The molecular formula is C20H20N2O5S. The molecule has 0 bridgehead atoms. The summed E-state index contributed by atoms with van der Waals surface area (Å²) in [5, 5.41) is 11.2. The third kappa shape index (κ3) is 5.59. The van der Waals surface area contributed by atoms with Crippen molar-refractivity contribution in [2.24, 2.45) is 0 Å². The number of nitriles is 1. The molecule has 0 aliphatic carbocycles. The molecule has 0 unspecified atom stereocenters. The molecule has 0 radical (unpaired) electrons. The second kappa shape index (κ2) is 9.58. The Kier molecular flexibility index (Phi) is 7.18. The molecule has 2 aromatic rings. The number of nitrogens with one attached hydrogen (secondary N) is 1. The van der Waals surface area contributed by atoms with Gasteiger partial charge in [-0.15, -0.1) is 0 Å². The van der Waals surface area contributed by atoms with Crippen molar-refractivity contribution in [2.75, 3.05) is 24.8 Å². The highest BCUT2D eigenvalue weighted by molar-refractivity contribution is 7.91. The van der Waals surface area contributed by atoms with Gasteiger partial charge < -0.3 is 14.8 Å². The number of ether oxygens (including phenoxy) is 2. The number of sulfone groups is 1. The van der Waals surface area contributed by atoms with E-state index in [1.165, 1.54) is 25.3 Å². The summed E-state index contributed by atoms with van der Waals surface area (Å²) >= 11 is 0. The van der Waals surface area contributed by atoms with Gasteiger partial charge in [0.25, 0.3) is 0 Å². The number of anilines is 1. The molecule has 0 atom stereocenters. The van der Waals surface area contributed by atoms with Gasteiger partial charge >= 0.3 is 0 Å². The maximum Gasteiger partial charge on any atom is 0.248 e. The molecule has 1 N–H and O–H groups in total. The van der Waals surface area contributed by atoms with Gasteiger partial charge in [0.2, 0.25) is 5.91 Å². The Bertz CT molecular complexity index is 1010. The fraction of sp³-hybridized carbons (Fsp3) is 0.200. The lowest BCUT2D eigenvalue weighted by atomic mass is 10.2. The fourth-order valence-electron chi connectivity index (χ4n) is 2.29. The van der Waals surface area contributed by atoms with E-state index in [1.54, 1.807) is 43.3 Å². The lowest BCUT2D eigenvalue weighted by Crippen LogP contribution is -2.08. The second-order valence-corrected chi connectivity index (χ2v) is 7.89. The average Bonchev–Trinajstić information content (AvgIpc) is 2.71. The SMILES string of the molecule is CCS(=O)(=O)c1ccc(NC(=O)/C=C/c2ccc(OCC#N)c(OC)c2)cc1. The van der Waals surface area contributed by atoms with Crippen LogP contribution in [-0.2, 0) is 14.6 Å². The Hall–Kier alpha value is -3.31. The molecule has 0 aliphatic heterocycles. The summed E-state index contributed by atoms with van der Waals surface area (Å²) in [5.41, 5.74) is 1.20. The van der Waals surface area contributed by atoms with Gasteiger partial charge in [-0.05, 0) is 48.0 Å². The number of amides is 1. The highest BCUT2D eigenvalue weighted by Crippen LogP contribution is 2.28. The largest absolute Gasteiger partial charge is 0.493 e. The number of carbonyl (C=O) groups is 1. The number of hydrogen-bond donors (Lipinski definition) is 1. The zero-order chi connectivity index (χ0) is 20.6. The van der Waals surface area contributed by atoms with E-state index < -0.39 is 9.84 Å². The Morgan fingerprint density at radius 3 is 2.50 bits per heavy atom. The van der Waals surface area contributed by atoms with Crippen LogP contribution in [0, 0.1) is 11.3 Å². The van der Waals surface area contributed by atoms with Crippen molar-refractivity contribution < 1.29 is 22.7 Å². The van der Waals surface area contributed by atoms with Crippen LogP contribution >= 0.6 is 0 Å². The minimum atomic E-state index is -3.27. The number of rotatable bonds is 8. The Morgan fingerprint density at radius 2 is 1.89 bits per heavy atom. The van der Waals surface area contributed by atoms with E-state index in [9.17, 15) is 13.2 Å². The number of methoxy groups -OCH3 is 1. The van der Waals surface area contributed by atoms with Crippen LogP contribution in [0.15, 0.2) is 53.4 Å². The molecule has 0 aromatic heterocycles. The van der Waals surface area contributed by atoms with Crippen LogP contribution in [-0.4, -0.2) is 33.8 Å². The smallest absolute Gasteiger partial charge is 0.248 e. The lowest BCUT2D eigenvalue weighted by Gasteiger charge is -2.08. The van der Waals surface area contributed by atoms with Crippen LogP contribution in [0.1, 0.15) is 12.5 Å². The molecule has 0 saturated carbocycles. The Labute approximate surface area is 164 Å². The van der Waals surface area contributed by atoms with Crippen molar-refractivity contribution in [1.82, 2.24) is 0 Å². The molecule has 0 saturated heterocycles. The van der Waals surface area contributed by atoms with Gasteiger partial charge in [0.05, 0.1) is 17.8 Å². The van der Waals surface area contributed by atoms with E-state index >= 15 is 0 Å². The summed E-state index contributed by atoms with van der Waals surface area (Å²) in [4.78, 5) is 12.3. The second-order valence-electron chi connectivity index (χ2n) is 5.61. The molecule has 28 heavy (non-hydrogen) atoms. The van der Waals surface area contributed by atoms with Gasteiger partial charge in [-0.25, -0.2) is 8.42 Å². The maximum absolute atomic E-state index is 12.1. The van der Waals surface area contributed by atoms with Crippen molar-refractivity contribution in [1.29, 1.82) is 5.26 Å². The van der Waals surface area contributed by atoms with E-state index in [0.717, 1.165) is 0 Å². The van der Waals surface area contributed by atoms with Gasteiger partial charge in [-0.3, -0.25) is 4.79 Å². The summed E-state index contributed by atoms with van der Waals surface area (Å²) in [6, 6.07) is 12.9. The molecular weight excluding hydrogens is 380 g/mol. The van der Waals surface area contributed by atoms with E-state index in [2.05, 4.69) is 5.32 Å². The minimum Gasteiger partial charge on any atom is -0.493 e. The number of nitrogens with zero attached hydrogens (tertiary/aromatic N) is 1. The van der Waals surface area contributed by atoms with Crippen LogP contribution in [0.2, 0.25) is 0 Å². The first-order chi connectivity index (χ1) is 13.4. The van der Waals surface area contributed by atoms with Crippen LogP contribution in [0.3, 0.4) is 0 Å². The Morgan fingerprint density at radius 1 is 1.18 bits per heavy atom. The molecule has 0 aliphatic rings. The van der Waals surface area contributed by atoms with E-state index in [4.69, 9.17) is 14.7 Å². The maximum atomic E-state index is 12.1. The Balaban J connectivity index is 2.04. The van der Waals surface area contributed by atoms with Crippen LogP contribution in [0.5, 0.6) is 11.5 Å². The molecule has 2 rings (SSSR count). The van der Waals surface area contributed by atoms with Gasteiger partial charge in [-0.2, -0.15) is 5.26 Å². The van der Waals surface area contributed by atoms with Gasteiger partial charge in [0, 0.05) is 11.8 Å². The summed E-state index contributed by atoms with van der Waals surface area (Å²) in [5.74, 6) is 0.541. The highest BCUT2D eigenvalue weighted by Gasteiger charge is 2.11. The number of benzene rings is 2. The van der Waals surface area contributed by atoms with Crippen molar-refractivity contribution in [3.05, 3.63) is 54.1 Å². The monoisotopic (exact) mass is 400 g/mol. The van der Waals surface area contributed by atoms with Gasteiger partial charge in [0.1, 0.15) is 6.07 Å². The number of hydrogen-bond acceptors (Lipinski definition) is 6. The molecule has 1 amide bonds. The molecule has 8 heteroatoms. The van der Waals surface area contributed by atoms with E-state index in [0.29, 0.717) is 22.7 Å². The summed E-state index contributed by atoms with van der Waals surface area (Å²) < 4.78 is 34.1. The molecule has 0 heterocycles. The number of carbonyl (C=O) groups excluding carboxylic acids is 1.